The zero-order valence-corrected chi connectivity index (χ0v) is 16.1. The van der Waals surface area contributed by atoms with Crippen LogP contribution in [0.5, 0.6) is 11.5 Å². The molecule has 0 saturated carbocycles. The molecule has 0 spiro atoms. The first-order chi connectivity index (χ1) is 12.5. The third-order valence-electron chi connectivity index (χ3n) is 4.58. The van der Waals surface area contributed by atoms with E-state index >= 15 is 0 Å². The monoisotopic (exact) mass is 371 g/mol. The lowest BCUT2D eigenvalue weighted by molar-refractivity contribution is -0.124. The fourth-order valence-electron chi connectivity index (χ4n) is 2.93. The van der Waals surface area contributed by atoms with Gasteiger partial charge in [0.25, 0.3) is 11.1 Å². The van der Waals surface area contributed by atoms with E-state index in [2.05, 4.69) is 0 Å². The molecule has 0 aromatic heterocycles. The molecule has 0 radical (unpaired) electrons. The molecule has 5 nitrogen and oxygen atoms in total. The summed E-state index contributed by atoms with van der Waals surface area (Å²) in [6.07, 6.45) is 2.47. The van der Waals surface area contributed by atoms with Crippen molar-refractivity contribution in [1.29, 1.82) is 0 Å². The molecule has 0 unspecified atom stereocenters. The van der Waals surface area contributed by atoms with Crippen molar-refractivity contribution < 1.29 is 19.1 Å². The molecule has 2 aromatic carbocycles. The number of hydrogen-bond donors (Lipinski definition) is 0. The Morgan fingerprint density at radius 2 is 1.88 bits per heavy atom. The maximum atomic E-state index is 12.7. The van der Waals surface area contributed by atoms with Crippen LogP contribution in [0.3, 0.4) is 0 Å². The molecule has 1 aliphatic heterocycles. The van der Waals surface area contributed by atoms with Gasteiger partial charge in [-0.25, -0.2) is 0 Å². The average Bonchev–Trinajstić information content (AvgIpc) is 2.94. The lowest BCUT2D eigenvalue weighted by Gasteiger charge is -2.19. The van der Waals surface area contributed by atoms with Crippen LogP contribution < -0.4 is 9.47 Å². The second kappa shape index (κ2) is 7.41. The molecule has 6 heteroatoms. The topological polar surface area (TPSA) is 55.8 Å². The summed E-state index contributed by atoms with van der Waals surface area (Å²) in [5, 5.41) is 1.67. The number of carbonyl (C=O) groups is 2. The van der Waals surface area contributed by atoms with E-state index < -0.39 is 0 Å². The van der Waals surface area contributed by atoms with Crippen LogP contribution >= 0.6 is 11.8 Å². The number of thioether (sulfide) groups is 1. The molecule has 0 aliphatic carbocycles. The Balaban J connectivity index is 2.14. The van der Waals surface area contributed by atoms with Crippen LogP contribution in [0.15, 0.2) is 35.2 Å². The first-order valence-corrected chi connectivity index (χ1v) is 9.23. The van der Waals surface area contributed by atoms with Gasteiger partial charge in [0.1, 0.15) is 11.5 Å². The van der Waals surface area contributed by atoms with E-state index in [-0.39, 0.29) is 17.2 Å². The maximum absolute atomic E-state index is 12.7. The first kappa shape index (κ1) is 18.3. The molecule has 1 aliphatic rings. The van der Waals surface area contributed by atoms with Gasteiger partial charge in [0.2, 0.25) is 0 Å². The number of methoxy groups -OCH3 is 2. The number of nitrogens with zero attached hydrogens (tertiary/aromatic N) is 1. The number of ether oxygens (including phenoxy) is 2. The summed E-state index contributed by atoms with van der Waals surface area (Å²) in [6, 6.07) is 9.44. The van der Waals surface area contributed by atoms with E-state index in [0.29, 0.717) is 16.4 Å². The van der Waals surface area contributed by atoms with Crippen LogP contribution in [-0.2, 0) is 4.79 Å². The zero-order chi connectivity index (χ0) is 18.8. The Labute approximate surface area is 157 Å². The highest BCUT2D eigenvalue weighted by Crippen LogP contribution is 2.38. The number of fused-ring (bicyclic) bond motifs is 1. The van der Waals surface area contributed by atoms with E-state index in [1.807, 2.05) is 44.2 Å². The van der Waals surface area contributed by atoms with Gasteiger partial charge in [-0.05, 0) is 60.2 Å². The van der Waals surface area contributed by atoms with Crippen LogP contribution in [0, 0.1) is 0 Å². The minimum Gasteiger partial charge on any atom is -0.497 e. The second-order valence-electron chi connectivity index (χ2n) is 6.08. The largest absolute Gasteiger partial charge is 0.497 e. The van der Waals surface area contributed by atoms with Gasteiger partial charge in [-0.2, -0.15) is 0 Å². The highest BCUT2D eigenvalue weighted by atomic mass is 32.2. The first-order valence-electron chi connectivity index (χ1n) is 8.42. The summed E-state index contributed by atoms with van der Waals surface area (Å²) in [4.78, 5) is 26.7. The molecule has 0 bridgehead atoms. The number of hydrogen-bond acceptors (Lipinski definition) is 5. The fraction of sp³-hybridized carbons (Fsp3) is 0.300. The van der Waals surface area contributed by atoms with Crippen molar-refractivity contribution in [1.82, 2.24) is 4.90 Å². The van der Waals surface area contributed by atoms with Crippen molar-refractivity contribution in [3.63, 3.8) is 0 Å². The standard InChI is InChI=1S/C20H21NO4S/c1-5-12(2)21-19(22)18(26-20(21)23)11-16-15-10-14(24-3)8-6-13(15)7-9-17(16)25-4/h6-12H,5H2,1-4H3/b18-11+/t12-/m0/s1. The van der Waals surface area contributed by atoms with Gasteiger partial charge in [-0.1, -0.05) is 19.1 Å². The van der Waals surface area contributed by atoms with Crippen molar-refractivity contribution in [2.24, 2.45) is 0 Å². The van der Waals surface area contributed by atoms with Crippen molar-refractivity contribution in [3.05, 3.63) is 40.8 Å². The molecule has 26 heavy (non-hydrogen) atoms. The van der Waals surface area contributed by atoms with Gasteiger partial charge >= 0.3 is 0 Å². The quantitative estimate of drug-likeness (QED) is 0.714. The lowest BCUT2D eigenvalue weighted by atomic mass is 10.0. The third kappa shape index (κ3) is 3.17. The molecule has 136 valence electrons. The molecule has 2 aromatic rings. The Kier molecular flexibility index (Phi) is 5.23. The highest BCUT2D eigenvalue weighted by molar-refractivity contribution is 8.18. The predicted molar refractivity (Wildman–Crippen MR) is 105 cm³/mol. The minimum atomic E-state index is -0.253. The molecule has 1 saturated heterocycles. The van der Waals surface area contributed by atoms with Crippen molar-refractivity contribution in [2.75, 3.05) is 14.2 Å². The van der Waals surface area contributed by atoms with Gasteiger partial charge in [0.15, 0.2) is 0 Å². The Bertz CT molecular complexity index is 901. The van der Waals surface area contributed by atoms with Gasteiger partial charge in [0.05, 0.1) is 19.1 Å². The molecule has 1 fully saturated rings. The molecule has 0 N–H and O–H groups in total. The fourth-order valence-corrected chi connectivity index (χ4v) is 3.84. The van der Waals surface area contributed by atoms with Gasteiger partial charge in [0, 0.05) is 11.6 Å². The van der Waals surface area contributed by atoms with Gasteiger partial charge < -0.3 is 9.47 Å². The summed E-state index contributed by atoms with van der Waals surface area (Å²) in [6.45, 7) is 3.83. The van der Waals surface area contributed by atoms with Crippen LogP contribution in [0.1, 0.15) is 25.8 Å². The summed E-state index contributed by atoms with van der Waals surface area (Å²) in [7, 11) is 3.20. The molecule has 3 rings (SSSR count). The van der Waals surface area contributed by atoms with Crippen molar-refractivity contribution in [2.45, 2.75) is 26.3 Å². The van der Waals surface area contributed by atoms with E-state index in [4.69, 9.17) is 9.47 Å². The summed E-state index contributed by atoms with van der Waals surface area (Å²) >= 11 is 0.970. The van der Waals surface area contributed by atoms with E-state index in [0.717, 1.165) is 34.5 Å². The van der Waals surface area contributed by atoms with Crippen molar-refractivity contribution >= 4 is 39.8 Å². The van der Waals surface area contributed by atoms with Crippen LogP contribution in [-0.4, -0.2) is 36.3 Å². The van der Waals surface area contributed by atoms with Crippen molar-refractivity contribution in [3.8, 4) is 11.5 Å². The summed E-state index contributed by atoms with van der Waals surface area (Å²) in [5.74, 6) is 1.10. The molecule has 1 heterocycles. The number of amides is 2. The van der Waals surface area contributed by atoms with E-state index in [1.54, 1.807) is 20.3 Å². The normalized spacial score (nSPS) is 17.2. The minimum absolute atomic E-state index is 0.122. The van der Waals surface area contributed by atoms with Crippen LogP contribution in [0.4, 0.5) is 4.79 Å². The van der Waals surface area contributed by atoms with Crippen LogP contribution in [0.25, 0.3) is 16.8 Å². The van der Waals surface area contributed by atoms with E-state index in [1.165, 1.54) is 4.90 Å². The zero-order valence-electron chi connectivity index (χ0n) is 15.2. The average molecular weight is 371 g/mol. The molecular weight excluding hydrogens is 350 g/mol. The number of benzene rings is 2. The molecule has 1 atom stereocenters. The Morgan fingerprint density at radius 3 is 2.54 bits per heavy atom. The maximum Gasteiger partial charge on any atom is 0.293 e. The van der Waals surface area contributed by atoms with Crippen LogP contribution in [0.2, 0.25) is 0 Å². The third-order valence-corrected chi connectivity index (χ3v) is 5.46. The van der Waals surface area contributed by atoms with Gasteiger partial charge in [-0.15, -0.1) is 0 Å². The Morgan fingerprint density at radius 1 is 1.15 bits per heavy atom. The highest BCUT2D eigenvalue weighted by Gasteiger charge is 2.37. The predicted octanol–water partition coefficient (Wildman–Crippen LogP) is 4.69. The smallest absolute Gasteiger partial charge is 0.293 e. The molecule has 2 amide bonds. The van der Waals surface area contributed by atoms with Gasteiger partial charge in [-0.3, -0.25) is 14.5 Å². The molecular formula is C20H21NO4S. The summed E-state index contributed by atoms with van der Waals surface area (Å²) in [5.41, 5.74) is 0.763. The number of rotatable bonds is 5. The van der Waals surface area contributed by atoms with E-state index in [9.17, 15) is 9.59 Å². The lowest BCUT2D eigenvalue weighted by Crippen LogP contribution is -2.36. The second-order valence-corrected chi connectivity index (χ2v) is 7.07. The number of carbonyl (C=O) groups excluding carboxylic acids is 2. The summed E-state index contributed by atoms with van der Waals surface area (Å²) < 4.78 is 10.8. The SMILES string of the molecule is CC[C@H](C)N1C(=O)S/C(=C/c2c(OC)ccc3ccc(OC)cc23)C1=O. The number of imide groups is 1. The Hall–Kier alpha value is -2.47.